The molecule has 0 aromatic heterocycles. The molecule has 23 heavy (non-hydrogen) atoms. The van der Waals surface area contributed by atoms with Gasteiger partial charge < -0.3 is 9.80 Å². The van der Waals surface area contributed by atoms with Crippen LogP contribution in [0.25, 0.3) is 0 Å². The summed E-state index contributed by atoms with van der Waals surface area (Å²) in [5.74, 6) is 0.945. The molecule has 2 saturated heterocycles. The maximum Gasteiger partial charge on any atom is -0.00160 e. The van der Waals surface area contributed by atoms with Crippen molar-refractivity contribution in [2.24, 2.45) is 11.3 Å². The average molecular weight is 327 g/mol. The second-order valence-corrected chi connectivity index (χ2v) is 7.98. The third-order valence-corrected chi connectivity index (χ3v) is 5.25. The molecule has 0 saturated carbocycles. The summed E-state index contributed by atoms with van der Waals surface area (Å²) >= 11 is 0. The van der Waals surface area contributed by atoms with E-state index in [1.54, 1.807) is 0 Å². The number of nitrogens with zero attached hydrogens (tertiary/aromatic N) is 2. The van der Waals surface area contributed by atoms with E-state index in [9.17, 15) is 0 Å². The Balaban J connectivity index is 0.000000392. The molecule has 0 radical (unpaired) electrons. The van der Waals surface area contributed by atoms with Gasteiger partial charge >= 0.3 is 0 Å². The molecule has 2 heteroatoms. The molecule has 0 aromatic carbocycles. The van der Waals surface area contributed by atoms with Crippen LogP contribution in [0.1, 0.15) is 87.0 Å². The number of piperidine rings is 2. The van der Waals surface area contributed by atoms with Gasteiger partial charge in [-0.15, -0.1) is 0 Å². The van der Waals surface area contributed by atoms with Crippen LogP contribution in [0.5, 0.6) is 0 Å². The minimum absolute atomic E-state index is 0.528. The fraction of sp³-hybridized carbons (Fsp3) is 1.00. The van der Waals surface area contributed by atoms with Crippen LogP contribution in [0.3, 0.4) is 0 Å². The SMILES string of the molecule is CC.CCCN1CCCCC1.CCN1CCC(C(C)(C)C)CC1. The fourth-order valence-electron chi connectivity index (χ4n) is 3.61. The number of hydrogen-bond donors (Lipinski definition) is 0. The summed E-state index contributed by atoms with van der Waals surface area (Å²) in [7, 11) is 0. The Morgan fingerprint density at radius 3 is 1.70 bits per heavy atom. The zero-order chi connectivity index (χ0) is 17.7. The molecule has 0 bridgehead atoms. The molecule has 2 aliphatic rings. The molecule has 0 spiro atoms. The first-order valence-electron chi connectivity index (χ1n) is 10.4. The maximum absolute atomic E-state index is 2.57. The Hall–Kier alpha value is -0.0800. The molecule has 2 fully saturated rings. The van der Waals surface area contributed by atoms with Crippen molar-refractivity contribution in [1.82, 2.24) is 9.80 Å². The zero-order valence-electron chi connectivity index (χ0n) is 17.5. The lowest BCUT2D eigenvalue weighted by Crippen LogP contribution is -2.37. The summed E-state index contributed by atoms with van der Waals surface area (Å²) in [6, 6.07) is 0. The van der Waals surface area contributed by atoms with Crippen molar-refractivity contribution >= 4 is 0 Å². The van der Waals surface area contributed by atoms with Crippen molar-refractivity contribution in [2.45, 2.75) is 87.0 Å². The van der Waals surface area contributed by atoms with Crippen molar-refractivity contribution in [3.8, 4) is 0 Å². The van der Waals surface area contributed by atoms with E-state index in [1.807, 2.05) is 13.8 Å². The van der Waals surface area contributed by atoms with Crippen LogP contribution in [-0.2, 0) is 0 Å². The second-order valence-electron chi connectivity index (χ2n) is 7.98. The third kappa shape index (κ3) is 10.4. The lowest BCUT2D eigenvalue weighted by Gasteiger charge is -2.38. The van der Waals surface area contributed by atoms with E-state index in [0.717, 1.165) is 5.92 Å². The van der Waals surface area contributed by atoms with Gasteiger partial charge in [-0.25, -0.2) is 0 Å². The highest BCUT2D eigenvalue weighted by molar-refractivity contribution is 4.80. The Morgan fingerprint density at radius 1 is 0.783 bits per heavy atom. The maximum atomic E-state index is 2.57. The predicted octanol–water partition coefficient (Wildman–Crippen LogP) is 5.67. The predicted molar refractivity (Wildman–Crippen MR) is 106 cm³/mol. The van der Waals surface area contributed by atoms with Gasteiger partial charge in [-0.1, -0.05) is 54.9 Å². The smallest absolute Gasteiger partial charge is 0.00160 e. The summed E-state index contributed by atoms with van der Waals surface area (Å²) in [5, 5.41) is 0. The molecule has 2 aliphatic heterocycles. The largest absolute Gasteiger partial charge is 0.304 e. The lowest BCUT2D eigenvalue weighted by molar-refractivity contribution is 0.116. The van der Waals surface area contributed by atoms with Gasteiger partial charge in [-0.05, 0) is 82.7 Å². The van der Waals surface area contributed by atoms with Gasteiger partial charge in [0.05, 0.1) is 0 Å². The van der Waals surface area contributed by atoms with E-state index in [1.165, 1.54) is 77.8 Å². The molecular weight excluding hydrogens is 280 g/mol. The van der Waals surface area contributed by atoms with E-state index >= 15 is 0 Å². The highest BCUT2D eigenvalue weighted by atomic mass is 15.1. The van der Waals surface area contributed by atoms with Crippen LogP contribution in [0.15, 0.2) is 0 Å². The summed E-state index contributed by atoms with van der Waals surface area (Å²) in [4.78, 5) is 5.13. The van der Waals surface area contributed by atoms with E-state index in [0.29, 0.717) is 5.41 Å². The van der Waals surface area contributed by atoms with Gasteiger partial charge in [-0.2, -0.15) is 0 Å². The zero-order valence-corrected chi connectivity index (χ0v) is 17.5. The van der Waals surface area contributed by atoms with Gasteiger partial charge in [-0.3, -0.25) is 0 Å². The number of likely N-dealkylation sites (tertiary alicyclic amines) is 2. The van der Waals surface area contributed by atoms with Gasteiger partial charge in [0, 0.05) is 0 Å². The van der Waals surface area contributed by atoms with Crippen LogP contribution >= 0.6 is 0 Å². The minimum atomic E-state index is 0.528. The van der Waals surface area contributed by atoms with E-state index in [2.05, 4.69) is 44.4 Å². The van der Waals surface area contributed by atoms with Gasteiger partial charge in [0.1, 0.15) is 0 Å². The summed E-state index contributed by atoms with van der Waals surface area (Å²) in [5.41, 5.74) is 0.528. The number of hydrogen-bond acceptors (Lipinski definition) is 2. The van der Waals surface area contributed by atoms with E-state index in [4.69, 9.17) is 0 Å². The van der Waals surface area contributed by atoms with Crippen LogP contribution in [0, 0.1) is 11.3 Å². The Kier molecular flexibility index (Phi) is 13.2. The first kappa shape index (κ1) is 22.9. The first-order valence-corrected chi connectivity index (χ1v) is 10.4. The molecular formula is C21H46N2. The Bertz CT molecular complexity index is 240. The molecule has 0 amide bonds. The summed E-state index contributed by atoms with van der Waals surface area (Å²) < 4.78 is 0. The Morgan fingerprint density at radius 2 is 1.30 bits per heavy atom. The monoisotopic (exact) mass is 326 g/mol. The highest BCUT2D eigenvalue weighted by Crippen LogP contribution is 2.33. The molecule has 2 rings (SSSR count). The fourth-order valence-corrected chi connectivity index (χ4v) is 3.61. The summed E-state index contributed by atoms with van der Waals surface area (Å²) in [6.45, 7) is 23.5. The topological polar surface area (TPSA) is 6.48 Å². The van der Waals surface area contributed by atoms with Crippen LogP contribution < -0.4 is 0 Å². The quantitative estimate of drug-likeness (QED) is 0.659. The number of rotatable bonds is 3. The van der Waals surface area contributed by atoms with Crippen molar-refractivity contribution in [1.29, 1.82) is 0 Å². The van der Waals surface area contributed by atoms with Crippen molar-refractivity contribution in [2.75, 3.05) is 39.3 Å². The third-order valence-electron chi connectivity index (χ3n) is 5.25. The standard InChI is InChI=1S/C11H23N.C8H17N.C2H6/c1-5-12-8-6-10(7-9-12)11(2,3)4;1-2-6-9-7-4-3-5-8-9;1-2/h10H,5-9H2,1-4H3;2-8H2,1H3;1-2H3. The second kappa shape index (κ2) is 13.2. The van der Waals surface area contributed by atoms with Crippen LogP contribution in [0.2, 0.25) is 0 Å². The minimum Gasteiger partial charge on any atom is -0.304 e. The molecule has 0 N–H and O–H groups in total. The van der Waals surface area contributed by atoms with Gasteiger partial charge in [0.2, 0.25) is 0 Å². The lowest BCUT2D eigenvalue weighted by atomic mass is 9.75. The van der Waals surface area contributed by atoms with Crippen molar-refractivity contribution < 1.29 is 0 Å². The van der Waals surface area contributed by atoms with Gasteiger partial charge in [0.25, 0.3) is 0 Å². The average Bonchev–Trinajstić information content (AvgIpc) is 2.58. The molecule has 0 aromatic rings. The van der Waals surface area contributed by atoms with E-state index in [-0.39, 0.29) is 0 Å². The Labute approximate surface area is 148 Å². The molecule has 2 heterocycles. The van der Waals surface area contributed by atoms with Gasteiger partial charge in [0.15, 0.2) is 0 Å². The molecule has 0 unspecified atom stereocenters. The summed E-state index contributed by atoms with van der Waals surface area (Å²) in [6.07, 6.45) is 8.44. The van der Waals surface area contributed by atoms with Crippen LogP contribution in [0.4, 0.5) is 0 Å². The molecule has 2 nitrogen and oxygen atoms in total. The first-order chi connectivity index (χ1) is 11.0. The molecule has 140 valence electrons. The highest BCUT2D eigenvalue weighted by Gasteiger charge is 2.27. The molecule has 0 atom stereocenters. The van der Waals surface area contributed by atoms with Crippen molar-refractivity contribution in [3.63, 3.8) is 0 Å². The molecule has 0 aliphatic carbocycles. The normalized spacial score (nSPS) is 21.0. The van der Waals surface area contributed by atoms with Crippen molar-refractivity contribution in [3.05, 3.63) is 0 Å². The van der Waals surface area contributed by atoms with Crippen LogP contribution in [-0.4, -0.2) is 49.1 Å². The van der Waals surface area contributed by atoms with E-state index < -0.39 is 0 Å².